The third-order valence-corrected chi connectivity index (χ3v) is 3.13. The first-order valence-electron chi connectivity index (χ1n) is 6.50. The van der Waals surface area contributed by atoms with Crippen molar-refractivity contribution in [1.82, 2.24) is 15.1 Å². The van der Waals surface area contributed by atoms with E-state index < -0.39 is 4.92 Å². The number of aryl methyl sites for hydroxylation is 1. The van der Waals surface area contributed by atoms with Gasteiger partial charge in [0.25, 0.3) is 0 Å². The van der Waals surface area contributed by atoms with Crippen molar-refractivity contribution in [3.05, 3.63) is 57.8 Å². The van der Waals surface area contributed by atoms with Crippen molar-refractivity contribution in [3.63, 3.8) is 0 Å². The molecule has 2 rings (SSSR count). The van der Waals surface area contributed by atoms with E-state index in [9.17, 15) is 14.9 Å². The van der Waals surface area contributed by atoms with E-state index >= 15 is 0 Å². The summed E-state index contributed by atoms with van der Waals surface area (Å²) in [4.78, 5) is 22.1. The van der Waals surface area contributed by atoms with Crippen molar-refractivity contribution in [2.75, 3.05) is 0 Å². The van der Waals surface area contributed by atoms with Gasteiger partial charge in [0.05, 0.1) is 22.9 Å². The fourth-order valence-corrected chi connectivity index (χ4v) is 1.99. The molecule has 1 aromatic carbocycles. The normalized spacial score (nSPS) is 11.9. The summed E-state index contributed by atoms with van der Waals surface area (Å²) >= 11 is 0. The molecule has 0 unspecified atom stereocenters. The van der Waals surface area contributed by atoms with Gasteiger partial charge in [0.1, 0.15) is 6.54 Å². The fourth-order valence-electron chi connectivity index (χ4n) is 1.99. The Bertz CT molecular complexity index is 651. The molecule has 7 nitrogen and oxygen atoms in total. The monoisotopic (exact) mass is 288 g/mol. The lowest BCUT2D eigenvalue weighted by molar-refractivity contribution is -0.389. The predicted molar refractivity (Wildman–Crippen MR) is 76.6 cm³/mol. The van der Waals surface area contributed by atoms with Gasteiger partial charge in [-0.15, -0.1) is 0 Å². The molecule has 7 heteroatoms. The lowest BCUT2D eigenvalue weighted by atomic mass is 10.1. The van der Waals surface area contributed by atoms with E-state index in [4.69, 9.17) is 0 Å². The summed E-state index contributed by atoms with van der Waals surface area (Å²) in [5.74, 6) is -0.496. The number of hydrogen-bond acceptors (Lipinski definition) is 4. The van der Waals surface area contributed by atoms with Gasteiger partial charge in [-0.25, -0.2) is 0 Å². The Balaban J connectivity index is 2.00. The second-order valence-corrected chi connectivity index (χ2v) is 4.76. The minimum Gasteiger partial charge on any atom is -0.358 e. The van der Waals surface area contributed by atoms with Crippen molar-refractivity contribution in [1.29, 1.82) is 0 Å². The first kappa shape index (κ1) is 14.7. The molecule has 2 aromatic rings. The van der Waals surface area contributed by atoms with Gasteiger partial charge in [-0.05, 0) is 24.3 Å². The van der Waals surface area contributed by atoms with Crippen LogP contribution < -0.4 is 5.32 Å². The Morgan fingerprint density at radius 1 is 1.43 bits per heavy atom. The molecule has 0 bridgehead atoms. The van der Waals surface area contributed by atoms with E-state index in [1.807, 2.05) is 37.3 Å². The summed E-state index contributed by atoms with van der Waals surface area (Å²) in [5, 5.41) is 17.3. The molecule has 21 heavy (non-hydrogen) atoms. The molecule has 0 aliphatic carbocycles. The highest BCUT2D eigenvalue weighted by molar-refractivity contribution is 5.76. The molecule has 0 aliphatic heterocycles. The van der Waals surface area contributed by atoms with Crippen LogP contribution in [0.15, 0.2) is 36.4 Å². The predicted octanol–water partition coefficient (Wildman–Crippen LogP) is 1.98. The highest BCUT2D eigenvalue weighted by Gasteiger charge is 2.18. The van der Waals surface area contributed by atoms with E-state index in [2.05, 4.69) is 10.4 Å². The Morgan fingerprint density at radius 2 is 2.10 bits per heavy atom. The van der Waals surface area contributed by atoms with Crippen LogP contribution in [-0.4, -0.2) is 20.6 Å². The number of rotatable bonds is 5. The molecule has 0 saturated carbocycles. The van der Waals surface area contributed by atoms with Gasteiger partial charge in [-0.1, -0.05) is 30.3 Å². The lowest BCUT2D eigenvalue weighted by Gasteiger charge is -2.13. The number of hydrogen-bond donors (Lipinski definition) is 1. The summed E-state index contributed by atoms with van der Waals surface area (Å²) in [5.41, 5.74) is 1.57. The summed E-state index contributed by atoms with van der Waals surface area (Å²) < 4.78 is 1.32. The van der Waals surface area contributed by atoms with Gasteiger partial charge >= 0.3 is 5.82 Å². The molecular formula is C14H16N4O3. The second kappa shape index (κ2) is 6.17. The molecule has 1 atom stereocenters. The maximum Gasteiger partial charge on any atom is 0.390 e. The lowest BCUT2D eigenvalue weighted by Crippen LogP contribution is -2.30. The van der Waals surface area contributed by atoms with Crippen molar-refractivity contribution >= 4 is 11.7 Å². The van der Waals surface area contributed by atoms with Crippen LogP contribution in [-0.2, 0) is 11.3 Å². The molecule has 0 spiro atoms. The van der Waals surface area contributed by atoms with E-state index in [0.717, 1.165) is 5.56 Å². The molecular weight excluding hydrogens is 272 g/mol. The zero-order valence-electron chi connectivity index (χ0n) is 11.8. The Morgan fingerprint density at radius 3 is 2.67 bits per heavy atom. The Labute approximate surface area is 121 Å². The first-order valence-corrected chi connectivity index (χ1v) is 6.50. The van der Waals surface area contributed by atoms with E-state index in [-0.39, 0.29) is 24.3 Å². The minimum absolute atomic E-state index is 0.0448. The van der Waals surface area contributed by atoms with E-state index in [0.29, 0.717) is 5.69 Å². The van der Waals surface area contributed by atoms with Gasteiger partial charge in [-0.3, -0.25) is 4.79 Å². The van der Waals surface area contributed by atoms with Crippen molar-refractivity contribution < 1.29 is 9.72 Å². The van der Waals surface area contributed by atoms with Crippen LogP contribution >= 0.6 is 0 Å². The van der Waals surface area contributed by atoms with Crippen molar-refractivity contribution in [3.8, 4) is 0 Å². The Kier molecular flexibility index (Phi) is 4.32. The van der Waals surface area contributed by atoms with Crippen molar-refractivity contribution in [2.24, 2.45) is 0 Å². The summed E-state index contributed by atoms with van der Waals surface area (Å²) in [6.45, 7) is 3.51. The van der Waals surface area contributed by atoms with Crippen LogP contribution in [0.2, 0.25) is 0 Å². The summed E-state index contributed by atoms with van der Waals surface area (Å²) in [7, 11) is 0. The smallest absolute Gasteiger partial charge is 0.358 e. The standard InChI is InChI=1S/C14H16N4O3/c1-10-8-13(18(20)21)16-17(10)9-14(19)15-11(2)12-6-4-3-5-7-12/h3-8,11H,9H2,1-2H3,(H,15,19)/t11-/m1/s1. The molecule has 0 aliphatic rings. The molecule has 1 N–H and O–H groups in total. The number of benzene rings is 1. The molecule has 0 radical (unpaired) electrons. The third-order valence-electron chi connectivity index (χ3n) is 3.13. The molecule has 1 heterocycles. The van der Waals surface area contributed by atoms with Gasteiger partial charge in [0.15, 0.2) is 0 Å². The molecule has 1 amide bonds. The molecule has 0 saturated heterocycles. The van der Waals surface area contributed by atoms with Gasteiger partial charge in [0, 0.05) is 0 Å². The number of aromatic nitrogens is 2. The second-order valence-electron chi connectivity index (χ2n) is 4.76. The van der Waals surface area contributed by atoms with Crippen molar-refractivity contribution in [2.45, 2.75) is 26.4 Å². The van der Waals surface area contributed by atoms with E-state index in [1.54, 1.807) is 6.92 Å². The van der Waals surface area contributed by atoms with Crippen LogP contribution in [0.5, 0.6) is 0 Å². The molecule has 0 fully saturated rings. The summed E-state index contributed by atoms with van der Waals surface area (Å²) in [6, 6.07) is 10.8. The minimum atomic E-state index is -0.575. The average molecular weight is 288 g/mol. The first-order chi connectivity index (χ1) is 9.97. The number of nitro groups is 1. The van der Waals surface area contributed by atoms with E-state index in [1.165, 1.54) is 10.7 Å². The van der Waals surface area contributed by atoms with Gasteiger partial charge < -0.3 is 15.4 Å². The average Bonchev–Trinajstić information content (AvgIpc) is 2.81. The number of nitrogens with zero attached hydrogens (tertiary/aromatic N) is 3. The van der Waals surface area contributed by atoms with Gasteiger partial charge in [-0.2, -0.15) is 4.68 Å². The van der Waals surface area contributed by atoms with Crippen LogP contribution in [0.25, 0.3) is 0 Å². The summed E-state index contributed by atoms with van der Waals surface area (Å²) in [6.07, 6.45) is 0. The highest BCUT2D eigenvalue weighted by atomic mass is 16.6. The fraction of sp³-hybridized carbons (Fsp3) is 0.286. The zero-order valence-corrected chi connectivity index (χ0v) is 11.8. The van der Waals surface area contributed by atoms with Crippen LogP contribution in [0, 0.1) is 17.0 Å². The number of amides is 1. The van der Waals surface area contributed by atoms with Crippen LogP contribution in [0.4, 0.5) is 5.82 Å². The molecule has 1 aromatic heterocycles. The molecule has 110 valence electrons. The third kappa shape index (κ3) is 3.65. The quantitative estimate of drug-likeness (QED) is 0.672. The Hall–Kier alpha value is -2.70. The van der Waals surface area contributed by atoms with Crippen LogP contribution in [0.1, 0.15) is 24.2 Å². The topological polar surface area (TPSA) is 90.1 Å². The van der Waals surface area contributed by atoms with Gasteiger partial charge in [0.2, 0.25) is 5.91 Å². The largest absolute Gasteiger partial charge is 0.390 e. The number of nitrogens with one attached hydrogen (secondary N) is 1. The number of carbonyl (C=O) groups is 1. The number of carbonyl (C=O) groups excluding carboxylic acids is 1. The zero-order chi connectivity index (χ0) is 15.4. The maximum absolute atomic E-state index is 12.0. The maximum atomic E-state index is 12.0. The SMILES string of the molecule is Cc1cc([N+](=O)[O-])nn1CC(=O)N[C@H](C)c1ccccc1. The highest BCUT2D eigenvalue weighted by Crippen LogP contribution is 2.13. The van der Waals surface area contributed by atoms with Crippen LogP contribution in [0.3, 0.4) is 0 Å².